The largest absolute Gasteiger partial charge is 0.440 e. The Bertz CT molecular complexity index is 691. The number of para-hydroxylation sites is 1. The van der Waals surface area contributed by atoms with E-state index in [0.717, 1.165) is 16.9 Å². The first-order valence-electron chi connectivity index (χ1n) is 6.46. The van der Waals surface area contributed by atoms with Crippen LogP contribution in [0.4, 0.5) is 5.69 Å². The van der Waals surface area contributed by atoms with Crippen LogP contribution in [0.1, 0.15) is 41.9 Å². The van der Waals surface area contributed by atoms with E-state index >= 15 is 0 Å². The summed E-state index contributed by atoms with van der Waals surface area (Å²) in [7, 11) is 0. The molecule has 0 radical (unpaired) electrons. The molecule has 6 heteroatoms. The number of ether oxygens (including phenoxy) is 1. The molecule has 0 bridgehead atoms. The number of nitro groups is 1. The molecule has 0 N–H and O–H groups in total. The number of carbonyl (C=O) groups is 1. The molecule has 0 aliphatic heterocycles. The number of ketones is 1. The van der Waals surface area contributed by atoms with Gasteiger partial charge in [0.2, 0.25) is 0 Å². The fourth-order valence-electron chi connectivity index (χ4n) is 1.89. The number of Topliss-reactive ketones (excluding diaryl/α,β-unsaturated/α-hetero) is 1. The van der Waals surface area contributed by atoms with Crippen molar-refractivity contribution in [3.8, 4) is 10.8 Å². The van der Waals surface area contributed by atoms with Gasteiger partial charge in [0, 0.05) is 6.07 Å². The van der Waals surface area contributed by atoms with Gasteiger partial charge in [-0.25, -0.2) is 0 Å². The van der Waals surface area contributed by atoms with Gasteiger partial charge in [-0.2, -0.15) is 0 Å². The van der Waals surface area contributed by atoms with Crippen molar-refractivity contribution in [2.45, 2.75) is 26.7 Å². The van der Waals surface area contributed by atoms with E-state index < -0.39 is 4.92 Å². The summed E-state index contributed by atoms with van der Waals surface area (Å²) in [6.45, 7) is 5.42. The van der Waals surface area contributed by atoms with Crippen LogP contribution in [0.15, 0.2) is 30.3 Å². The van der Waals surface area contributed by atoms with Crippen molar-refractivity contribution < 1.29 is 14.5 Å². The van der Waals surface area contributed by atoms with Crippen LogP contribution in [0.2, 0.25) is 0 Å². The lowest BCUT2D eigenvalue weighted by Gasteiger charge is -2.11. The van der Waals surface area contributed by atoms with E-state index in [-0.39, 0.29) is 22.5 Å². The lowest BCUT2D eigenvalue weighted by atomic mass is 10.0. The van der Waals surface area contributed by atoms with Crippen LogP contribution in [0.3, 0.4) is 0 Å². The second-order valence-corrected chi connectivity index (χ2v) is 5.91. The Morgan fingerprint density at radius 1 is 1.33 bits per heavy atom. The van der Waals surface area contributed by atoms with Crippen LogP contribution < -0.4 is 4.74 Å². The van der Waals surface area contributed by atoms with Gasteiger partial charge in [0.15, 0.2) is 5.78 Å². The highest BCUT2D eigenvalue weighted by Gasteiger charge is 2.23. The Kier molecular flexibility index (Phi) is 4.37. The fraction of sp³-hybridized carbons (Fsp3) is 0.267. The number of thiophene rings is 1. The molecule has 1 aromatic heterocycles. The van der Waals surface area contributed by atoms with E-state index in [9.17, 15) is 14.9 Å². The van der Waals surface area contributed by atoms with E-state index in [4.69, 9.17) is 4.74 Å². The van der Waals surface area contributed by atoms with Crippen molar-refractivity contribution in [1.82, 2.24) is 0 Å². The topological polar surface area (TPSA) is 69.4 Å². The summed E-state index contributed by atoms with van der Waals surface area (Å²) in [6.07, 6.45) is 0. The minimum absolute atomic E-state index is 0.137. The molecule has 0 aliphatic carbocycles. The normalized spacial score (nSPS) is 10.7. The van der Waals surface area contributed by atoms with E-state index in [1.165, 1.54) is 13.0 Å². The molecule has 1 aromatic carbocycles. The van der Waals surface area contributed by atoms with Crippen LogP contribution >= 0.6 is 11.3 Å². The molecular formula is C15H15NO4S. The molecule has 1 heterocycles. The molecule has 0 aliphatic rings. The molecule has 0 amide bonds. The van der Waals surface area contributed by atoms with Crippen molar-refractivity contribution in [3.05, 3.63) is 50.9 Å². The Morgan fingerprint density at radius 3 is 2.57 bits per heavy atom. The van der Waals surface area contributed by atoms with Gasteiger partial charge < -0.3 is 4.74 Å². The number of rotatable bonds is 5. The highest BCUT2D eigenvalue weighted by atomic mass is 32.1. The molecule has 0 fully saturated rings. The van der Waals surface area contributed by atoms with Crippen LogP contribution in [-0.4, -0.2) is 10.7 Å². The SMILES string of the molecule is CC(=O)c1cc([N+](=O)[O-])c(Oc2ccccc2C(C)C)s1. The average Bonchev–Trinajstić information content (AvgIpc) is 2.83. The molecular weight excluding hydrogens is 290 g/mol. The minimum atomic E-state index is -0.531. The summed E-state index contributed by atoms with van der Waals surface area (Å²) in [5, 5.41) is 11.2. The molecule has 110 valence electrons. The summed E-state index contributed by atoms with van der Waals surface area (Å²) in [5.74, 6) is 0.593. The third-order valence-corrected chi connectivity index (χ3v) is 4.07. The zero-order valence-corrected chi connectivity index (χ0v) is 12.8. The maximum absolute atomic E-state index is 11.4. The third kappa shape index (κ3) is 3.28. The first kappa shape index (κ1) is 15.2. The van der Waals surface area contributed by atoms with Gasteiger partial charge in [0.05, 0.1) is 9.80 Å². The van der Waals surface area contributed by atoms with Gasteiger partial charge in [-0.15, -0.1) is 0 Å². The minimum Gasteiger partial charge on any atom is -0.440 e. The van der Waals surface area contributed by atoms with E-state index in [1.807, 2.05) is 32.0 Å². The van der Waals surface area contributed by atoms with Crippen molar-refractivity contribution >= 4 is 22.8 Å². The molecule has 0 saturated carbocycles. The smallest absolute Gasteiger partial charge is 0.323 e. The summed E-state index contributed by atoms with van der Waals surface area (Å²) in [4.78, 5) is 22.3. The van der Waals surface area contributed by atoms with E-state index in [2.05, 4.69) is 0 Å². The van der Waals surface area contributed by atoms with Gasteiger partial charge in [0.1, 0.15) is 5.75 Å². The van der Waals surface area contributed by atoms with Crippen molar-refractivity contribution in [3.63, 3.8) is 0 Å². The van der Waals surface area contributed by atoms with Crippen LogP contribution in [-0.2, 0) is 0 Å². The molecule has 2 aromatic rings. The lowest BCUT2D eigenvalue weighted by Crippen LogP contribution is -1.94. The number of hydrogen-bond donors (Lipinski definition) is 0. The predicted octanol–water partition coefficient (Wildman–Crippen LogP) is 4.77. The van der Waals surface area contributed by atoms with Crippen molar-refractivity contribution in [2.75, 3.05) is 0 Å². The lowest BCUT2D eigenvalue weighted by molar-refractivity contribution is -0.385. The summed E-state index contributed by atoms with van der Waals surface area (Å²) in [5.41, 5.74) is 0.785. The highest BCUT2D eigenvalue weighted by Crippen LogP contribution is 2.41. The maximum Gasteiger partial charge on any atom is 0.323 e. The Labute approximate surface area is 126 Å². The number of carbonyl (C=O) groups excluding carboxylic acids is 1. The van der Waals surface area contributed by atoms with Crippen LogP contribution in [0, 0.1) is 10.1 Å². The van der Waals surface area contributed by atoms with Crippen molar-refractivity contribution in [2.24, 2.45) is 0 Å². The van der Waals surface area contributed by atoms with E-state index in [0.29, 0.717) is 10.6 Å². The first-order valence-corrected chi connectivity index (χ1v) is 7.27. The third-order valence-electron chi connectivity index (χ3n) is 2.97. The maximum atomic E-state index is 11.4. The number of benzene rings is 1. The highest BCUT2D eigenvalue weighted by molar-refractivity contribution is 7.16. The van der Waals surface area contributed by atoms with Crippen LogP contribution in [0.25, 0.3) is 0 Å². The molecule has 2 rings (SSSR count). The Hall–Kier alpha value is -2.21. The zero-order chi connectivity index (χ0) is 15.6. The predicted molar refractivity (Wildman–Crippen MR) is 81.6 cm³/mol. The molecule has 21 heavy (non-hydrogen) atoms. The fourth-order valence-corrected chi connectivity index (χ4v) is 2.77. The quantitative estimate of drug-likeness (QED) is 0.453. The Morgan fingerprint density at radius 2 is 2.00 bits per heavy atom. The van der Waals surface area contributed by atoms with Gasteiger partial charge in [-0.1, -0.05) is 43.4 Å². The van der Waals surface area contributed by atoms with Gasteiger partial charge in [-0.3, -0.25) is 14.9 Å². The molecule has 5 nitrogen and oxygen atoms in total. The second-order valence-electron chi connectivity index (χ2n) is 4.89. The summed E-state index contributed by atoms with van der Waals surface area (Å²) < 4.78 is 5.72. The molecule has 0 saturated heterocycles. The number of nitrogens with zero attached hydrogens (tertiary/aromatic N) is 1. The standard InChI is InChI=1S/C15H15NO4S/c1-9(2)11-6-4-5-7-13(11)20-15-12(16(18)19)8-14(21-15)10(3)17/h4-9H,1-3H3. The molecule has 0 unspecified atom stereocenters. The van der Waals surface area contributed by atoms with Crippen molar-refractivity contribution in [1.29, 1.82) is 0 Å². The Balaban J connectivity index is 2.44. The molecule has 0 spiro atoms. The number of hydrogen-bond acceptors (Lipinski definition) is 5. The monoisotopic (exact) mass is 305 g/mol. The van der Waals surface area contributed by atoms with E-state index in [1.54, 1.807) is 6.07 Å². The summed E-state index contributed by atoms with van der Waals surface area (Å²) in [6, 6.07) is 8.66. The van der Waals surface area contributed by atoms with Gasteiger partial charge >= 0.3 is 5.69 Å². The summed E-state index contributed by atoms with van der Waals surface area (Å²) >= 11 is 0.998. The molecule has 0 atom stereocenters. The van der Waals surface area contributed by atoms with Gasteiger partial charge in [0.25, 0.3) is 5.06 Å². The average molecular weight is 305 g/mol. The zero-order valence-electron chi connectivity index (χ0n) is 12.0. The van der Waals surface area contributed by atoms with Gasteiger partial charge in [-0.05, 0) is 24.5 Å². The first-order chi connectivity index (χ1) is 9.90. The second kappa shape index (κ2) is 6.05. The van der Waals surface area contributed by atoms with Crippen LogP contribution in [0.5, 0.6) is 10.8 Å².